The molecule has 0 spiro atoms. The molecule has 0 aliphatic heterocycles. The molecule has 1 aliphatic carbocycles. The van der Waals surface area contributed by atoms with E-state index in [4.69, 9.17) is 5.11 Å². The summed E-state index contributed by atoms with van der Waals surface area (Å²) in [6.45, 7) is -0.764. The Morgan fingerprint density at radius 3 is 2.56 bits per heavy atom. The van der Waals surface area contributed by atoms with Gasteiger partial charge in [0.05, 0.1) is 6.54 Å². The van der Waals surface area contributed by atoms with E-state index in [9.17, 15) is 18.0 Å². The zero-order chi connectivity index (χ0) is 13.3. The molecule has 0 atom stereocenters. The molecule has 0 unspecified atom stereocenters. The average molecular weight is 279 g/mol. The molecule has 3 nitrogen and oxygen atoms in total. The van der Waals surface area contributed by atoms with Crippen LogP contribution in [-0.4, -0.2) is 34.7 Å². The van der Waals surface area contributed by atoms with Gasteiger partial charge in [0.25, 0.3) is 0 Å². The van der Waals surface area contributed by atoms with Crippen LogP contribution in [0.3, 0.4) is 0 Å². The summed E-state index contributed by atoms with van der Waals surface area (Å²) in [5, 5.41) is 8.76. The number of carboxylic acids is 1. The van der Waals surface area contributed by atoms with Crippen LogP contribution in [-0.2, 0) is 6.54 Å². The van der Waals surface area contributed by atoms with E-state index >= 15 is 0 Å². The highest BCUT2D eigenvalue weighted by atomic mass is 32.1. The average Bonchev–Trinajstić information content (AvgIpc) is 2.96. The van der Waals surface area contributed by atoms with Crippen LogP contribution in [0.1, 0.15) is 27.4 Å². The number of thiophene rings is 1. The molecule has 0 saturated heterocycles. The van der Waals surface area contributed by atoms with Gasteiger partial charge in [-0.2, -0.15) is 13.2 Å². The van der Waals surface area contributed by atoms with Crippen molar-refractivity contribution >= 4 is 17.3 Å². The Balaban J connectivity index is 2.01. The zero-order valence-corrected chi connectivity index (χ0v) is 10.2. The van der Waals surface area contributed by atoms with Crippen LogP contribution in [0.4, 0.5) is 13.2 Å². The summed E-state index contributed by atoms with van der Waals surface area (Å²) >= 11 is 1.03. The molecule has 1 aliphatic rings. The van der Waals surface area contributed by atoms with Gasteiger partial charge in [0.2, 0.25) is 0 Å². The summed E-state index contributed by atoms with van der Waals surface area (Å²) in [5.74, 6) is -1.04. The molecule has 0 bridgehead atoms. The molecule has 0 radical (unpaired) electrons. The number of aromatic carboxylic acids is 1. The molecule has 2 rings (SSSR count). The van der Waals surface area contributed by atoms with E-state index in [-0.39, 0.29) is 17.5 Å². The van der Waals surface area contributed by atoms with Gasteiger partial charge in [-0.05, 0) is 25.0 Å². The number of rotatable bonds is 5. The lowest BCUT2D eigenvalue weighted by atomic mass is 10.3. The lowest BCUT2D eigenvalue weighted by Gasteiger charge is -2.22. The molecule has 0 amide bonds. The standard InChI is InChI=1S/C11H12F3NO2S/c12-11(13,14)6-15(7-1-2-7)5-8-3-4-9(18-8)10(16)17/h3-4,7H,1-2,5-6H2,(H,16,17). The van der Waals surface area contributed by atoms with E-state index in [2.05, 4.69) is 0 Å². The van der Waals surface area contributed by atoms with Crippen LogP contribution in [0.25, 0.3) is 0 Å². The minimum Gasteiger partial charge on any atom is -0.477 e. The van der Waals surface area contributed by atoms with Crippen molar-refractivity contribution < 1.29 is 23.1 Å². The molecule has 1 aromatic rings. The monoisotopic (exact) mass is 279 g/mol. The quantitative estimate of drug-likeness (QED) is 0.900. The third kappa shape index (κ3) is 3.71. The Kier molecular flexibility index (Phi) is 3.63. The van der Waals surface area contributed by atoms with Gasteiger partial charge in [-0.3, -0.25) is 4.90 Å². The first-order valence-electron chi connectivity index (χ1n) is 5.48. The van der Waals surface area contributed by atoms with Crippen molar-refractivity contribution in [3.8, 4) is 0 Å². The number of carboxylic acid groups (broad SMARTS) is 1. The minimum atomic E-state index is -4.21. The van der Waals surface area contributed by atoms with E-state index in [0.717, 1.165) is 24.2 Å². The van der Waals surface area contributed by atoms with Gasteiger partial charge in [-0.15, -0.1) is 11.3 Å². The second-order valence-electron chi connectivity index (χ2n) is 4.32. The fraction of sp³-hybridized carbons (Fsp3) is 0.545. The number of hydrogen-bond acceptors (Lipinski definition) is 3. The van der Waals surface area contributed by atoms with Crippen molar-refractivity contribution in [2.75, 3.05) is 6.54 Å². The largest absolute Gasteiger partial charge is 0.477 e. The molecule has 100 valence electrons. The zero-order valence-electron chi connectivity index (χ0n) is 9.41. The van der Waals surface area contributed by atoms with Crippen molar-refractivity contribution in [1.29, 1.82) is 0 Å². The maximum atomic E-state index is 12.4. The van der Waals surface area contributed by atoms with E-state index < -0.39 is 18.7 Å². The minimum absolute atomic E-state index is 0.0120. The number of alkyl halides is 3. The van der Waals surface area contributed by atoms with Crippen molar-refractivity contribution in [2.24, 2.45) is 0 Å². The lowest BCUT2D eigenvalue weighted by molar-refractivity contribution is -0.148. The second-order valence-corrected chi connectivity index (χ2v) is 5.49. The first-order chi connectivity index (χ1) is 8.35. The fourth-order valence-electron chi connectivity index (χ4n) is 1.76. The summed E-state index contributed by atoms with van der Waals surface area (Å²) in [4.78, 5) is 12.9. The Morgan fingerprint density at radius 2 is 2.11 bits per heavy atom. The molecule has 1 saturated carbocycles. The number of hydrogen-bond donors (Lipinski definition) is 1. The molecule has 1 fully saturated rings. The maximum Gasteiger partial charge on any atom is 0.401 e. The molecule has 0 aromatic carbocycles. The summed E-state index contributed by atoms with van der Waals surface area (Å²) in [6, 6.07) is 3.00. The Morgan fingerprint density at radius 1 is 1.44 bits per heavy atom. The number of carbonyl (C=O) groups is 1. The van der Waals surface area contributed by atoms with Crippen molar-refractivity contribution in [2.45, 2.75) is 31.6 Å². The maximum absolute atomic E-state index is 12.4. The van der Waals surface area contributed by atoms with Gasteiger partial charge in [-0.1, -0.05) is 0 Å². The van der Waals surface area contributed by atoms with Gasteiger partial charge in [-0.25, -0.2) is 4.79 Å². The molecule has 1 N–H and O–H groups in total. The highest BCUT2D eigenvalue weighted by molar-refractivity contribution is 7.13. The molecule has 18 heavy (non-hydrogen) atoms. The molecule has 1 heterocycles. The Hall–Kier alpha value is -1.08. The van der Waals surface area contributed by atoms with Gasteiger partial charge in [0.15, 0.2) is 0 Å². The topological polar surface area (TPSA) is 40.5 Å². The first kappa shape index (κ1) is 13.4. The lowest BCUT2D eigenvalue weighted by Crippen LogP contribution is -2.35. The van der Waals surface area contributed by atoms with Crippen molar-refractivity contribution in [1.82, 2.24) is 4.90 Å². The highest BCUT2D eigenvalue weighted by Crippen LogP contribution is 2.32. The summed E-state index contributed by atoms with van der Waals surface area (Å²) in [7, 11) is 0. The SMILES string of the molecule is O=C(O)c1ccc(CN(CC(F)(F)F)C2CC2)s1. The fourth-order valence-corrected chi connectivity index (χ4v) is 2.63. The molecule has 1 aromatic heterocycles. The van der Waals surface area contributed by atoms with Crippen LogP contribution in [0.15, 0.2) is 12.1 Å². The van der Waals surface area contributed by atoms with Gasteiger partial charge in [0.1, 0.15) is 4.88 Å². The summed E-state index contributed by atoms with van der Waals surface area (Å²) in [6.07, 6.45) is -2.64. The smallest absolute Gasteiger partial charge is 0.401 e. The summed E-state index contributed by atoms with van der Waals surface area (Å²) < 4.78 is 37.2. The first-order valence-corrected chi connectivity index (χ1v) is 6.29. The van der Waals surface area contributed by atoms with E-state index in [1.165, 1.54) is 11.0 Å². The number of nitrogens with zero attached hydrogens (tertiary/aromatic N) is 1. The third-order valence-corrected chi connectivity index (χ3v) is 3.73. The van der Waals surface area contributed by atoms with Crippen molar-refractivity contribution in [3.05, 3.63) is 21.9 Å². The normalized spacial score (nSPS) is 16.2. The molecule has 7 heteroatoms. The van der Waals surface area contributed by atoms with Crippen molar-refractivity contribution in [3.63, 3.8) is 0 Å². The van der Waals surface area contributed by atoms with Crippen LogP contribution in [0, 0.1) is 0 Å². The third-order valence-electron chi connectivity index (χ3n) is 2.68. The predicted octanol–water partition coefficient (Wildman–Crippen LogP) is 2.97. The van der Waals surface area contributed by atoms with E-state index in [1.807, 2.05) is 0 Å². The Labute approximate surface area is 106 Å². The summed E-state index contributed by atoms with van der Waals surface area (Å²) in [5.41, 5.74) is 0. The van der Waals surface area contributed by atoms with Crippen LogP contribution < -0.4 is 0 Å². The van der Waals surface area contributed by atoms with E-state index in [0.29, 0.717) is 4.88 Å². The Bertz CT molecular complexity index is 440. The van der Waals surface area contributed by atoms with Crippen LogP contribution in [0.2, 0.25) is 0 Å². The van der Waals surface area contributed by atoms with Crippen LogP contribution >= 0.6 is 11.3 Å². The number of halogens is 3. The predicted molar refractivity (Wildman–Crippen MR) is 60.8 cm³/mol. The van der Waals surface area contributed by atoms with Gasteiger partial charge < -0.3 is 5.11 Å². The highest BCUT2D eigenvalue weighted by Gasteiger charge is 2.38. The molecular formula is C11H12F3NO2S. The van der Waals surface area contributed by atoms with Gasteiger partial charge in [0, 0.05) is 17.5 Å². The van der Waals surface area contributed by atoms with Gasteiger partial charge >= 0.3 is 12.1 Å². The van der Waals surface area contributed by atoms with Crippen LogP contribution in [0.5, 0.6) is 0 Å². The molecular weight excluding hydrogens is 267 g/mol. The van der Waals surface area contributed by atoms with E-state index in [1.54, 1.807) is 6.07 Å². The second kappa shape index (κ2) is 4.89.